The predicted molar refractivity (Wildman–Crippen MR) is 162 cm³/mol. The Bertz CT molecular complexity index is 1750. The van der Waals surface area contributed by atoms with E-state index in [9.17, 15) is 14.7 Å². The molecule has 2 aromatic heterocycles. The smallest absolute Gasteiger partial charge is 0.322 e. The Morgan fingerprint density at radius 2 is 1.65 bits per heavy atom. The number of nitrogens with one attached hydrogen (secondary N) is 2. The Kier molecular flexibility index (Phi) is 7.99. The molecule has 0 saturated heterocycles. The number of benzene rings is 2. The molecule has 0 aliphatic carbocycles. The third kappa shape index (κ3) is 5.03. The summed E-state index contributed by atoms with van der Waals surface area (Å²) in [5, 5.41) is 18.8. The lowest BCUT2D eigenvalue weighted by molar-refractivity contribution is -0.129. The van der Waals surface area contributed by atoms with Gasteiger partial charge in [-0.25, -0.2) is 0 Å². The molecule has 2 amide bonds. The van der Waals surface area contributed by atoms with Crippen LogP contribution in [0.1, 0.15) is 52.5 Å². The monoisotopic (exact) mass is 625 g/mol. The van der Waals surface area contributed by atoms with Crippen LogP contribution in [0.3, 0.4) is 0 Å². The average Bonchev–Trinajstić information content (AvgIpc) is 3.49. The predicted octanol–water partition coefficient (Wildman–Crippen LogP) is 5.47. The minimum atomic E-state index is -2.28. The van der Waals surface area contributed by atoms with E-state index in [0.29, 0.717) is 27.1 Å². The van der Waals surface area contributed by atoms with Crippen molar-refractivity contribution in [2.24, 2.45) is 0 Å². The van der Waals surface area contributed by atoms with Crippen LogP contribution < -0.4 is 24.8 Å². The number of aliphatic hydroxyl groups is 1. The maximum atomic E-state index is 14.2. The van der Waals surface area contributed by atoms with Crippen LogP contribution in [0.2, 0.25) is 10.0 Å². The van der Waals surface area contributed by atoms with Crippen LogP contribution in [-0.2, 0) is 10.4 Å². The quantitative estimate of drug-likeness (QED) is 0.234. The van der Waals surface area contributed by atoms with Crippen molar-refractivity contribution >= 4 is 46.4 Å². The second kappa shape index (κ2) is 11.4. The molecular weight excluding hydrogens is 597 g/mol. The van der Waals surface area contributed by atoms with Crippen LogP contribution in [0.4, 0.5) is 11.4 Å². The van der Waals surface area contributed by atoms with Gasteiger partial charge in [0.25, 0.3) is 11.8 Å². The molecule has 0 fully saturated rings. The number of hydrogen-bond donors (Lipinski definition) is 3. The summed E-state index contributed by atoms with van der Waals surface area (Å²) in [6, 6.07) is 9.75. The van der Waals surface area contributed by atoms with Gasteiger partial charge in [0.1, 0.15) is 0 Å². The van der Waals surface area contributed by atoms with Gasteiger partial charge in [-0.05, 0) is 42.7 Å². The van der Waals surface area contributed by atoms with E-state index in [-0.39, 0.29) is 46.1 Å². The van der Waals surface area contributed by atoms with Crippen molar-refractivity contribution in [1.29, 1.82) is 0 Å². The SMILES string of the molecule is COc1nc(OC)c(-n2cc(C(=O)Nc3cc(Cl)ccc3C)c(C3(O)C(=O)Nc4cc(Cl)ccc43)c2C(C)C)c(OC)n1. The van der Waals surface area contributed by atoms with E-state index in [1.165, 1.54) is 33.6 Å². The third-order valence-corrected chi connectivity index (χ3v) is 7.67. The molecule has 43 heavy (non-hydrogen) atoms. The van der Waals surface area contributed by atoms with E-state index >= 15 is 0 Å². The number of aryl methyl sites for hydroxylation is 1. The summed E-state index contributed by atoms with van der Waals surface area (Å²) in [5.41, 5.74) is 0.177. The van der Waals surface area contributed by atoms with E-state index in [2.05, 4.69) is 20.6 Å². The first kappa shape index (κ1) is 30.1. The van der Waals surface area contributed by atoms with Crippen molar-refractivity contribution < 1.29 is 28.9 Å². The first-order valence-electron chi connectivity index (χ1n) is 13.2. The van der Waals surface area contributed by atoms with Crippen molar-refractivity contribution in [2.75, 3.05) is 32.0 Å². The lowest BCUT2D eigenvalue weighted by Crippen LogP contribution is -2.38. The second-order valence-corrected chi connectivity index (χ2v) is 11.0. The molecule has 3 heterocycles. The number of nitrogens with zero attached hydrogens (tertiary/aromatic N) is 3. The van der Waals surface area contributed by atoms with Crippen LogP contribution in [0.25, 0.3) is 5.69 Å². The third-order valence-electron chi connectivity index (χ3n) is 7.20. The van der Waals surface area contributed by atoms with Gasteiger partial charge < -0.3 is 34.5 Å². The van der Waals surface area contributed by atoms with Gasteiger partial charge in [0, 0.05) is 44.4 Å². The minimum absolute atomic E-state index is 0.00319. The number of amides is 2. The molecule has 1 aliphatic rings. The number of fused-ring (bicyclic) bond motifs is 1. The number of anilines is 2. The van der Waals surface area contributed by atoms with Gasteiger partial charge >= 0.3 is 6.01 Å². The summed E-state index contributed by atoms with van der Waals surface area (Å²) in [6.07, 6.45) is 1.50. The summed E-state index contributed by atoms with van der Waals surface area (Å²) in [4.78, 5) is 36.5. The Labute approximate surface area is 257 Å². The molecule has 224 valence electrons. The molecule has 5 rings (SSSR count). The topological polar surface area (TPSA) is 137 Å². The molecular formula is C30H29Cl2N5O6. The average molecular weight is 626 g/mol. The maximum absolute atomic E-state index is 14.2. The summed E-state index contributed by atoms with van der Waals surface area (Å²) in [5.74, 6) is -1.58. The minimum Gasteiger partial charge on any atom is -0.479 e. The zero-order valence-electron chi connectivity index (χ0n) is 24.2. The molecule has 1 unspecified atom stereocenters. The molecule has 1 atom stereocenters. The van der Waals surface area contributed by atoms with Crippen LogP contribution >= 0.6 is 23.2 Å². The van der Waals surface area contributed by atoms with Crippen LogP contribution in [-0.4, -0.2) is 52.8 Å². The van der Waals surface area contributed by atoms with E-state index < -0.39 is 17.4 Å². The van der Waals surface area contributed by atoms with E-state index in [1.807, 2.05) is 20.8 Å². The van der Waals surface area contributed by atoms with E-state index in [1.54, 1.807) is 34.9 Å². The molecule has 0 bridgehead atoms. The molecule has 0 spiro atoms. The number of carbonyl (C=O) groups is 2. The zero-order chi connectivity index (χ0) is 31.2. The number of rotatable bonds is 8. The molecule has 0 saturated carbocycles. The maximum Gasteiger partial charge on any atom is 0.322 e. The van der Waals surface area contributed by atoms with Gasteiger partial charge in [-0.2, -0.15) is 9.97 Å². The molecule has 11 nitrogen and oxygen atoms in total. The molecule has 0 radical (unpaired) electrons. The number of hydrogen-bond acceptors (Lipinski definition) is 8. The highest BCUT2D eigenvalue weighted by Gasteiger charge is 2.52. The lowest BCUT2D eigenvalue weighted by Gasteiger charge is -2.26. The van der Waals surface area contributed by atoms with Crippen molar-refractivity contribution in [2.45, 2.75) is 32.3 Å². The normalized spacial score (nSPS) is 15.7. The molecule has 3 N–H and O–H groups in total. The van der Waals surface area contributed by atoms with Crippen LogP contribution in [0, 0.1) is 6.92 Å². The first-order valence-corrected chi connectivity index (χ1v) is 13.9. The fraction of sp³-hybridized carbons (Fsp3) is 0.267. The summed E-state index contributed by atoms with van der Waals surface area (Å²) >= 11 is 12.4. The highest BCUT2D eigenvalue weighted by Crippen LogP contribution is 2.48. The van der Waals surface area contributed by atoms with Crippen LogP contribution in [0.15, 0.2) is 42.6 Å². The number of aromatic nitrogens is 3. The van der Waals surface area contributed by atoms with E-state index in [4.69, 9.17) is 37.4 Å². The molecule has 2 aromatic carbocycles. The summed E-state index contributed by atoms with van der Waals surface area (Å²) in [6.45, 7) is 5.54. The number of carbonyl (C=O) groups excluding carboxylic acids is 2. The molecule has 1 aliphatic heterocycles. The Morgan fingerprint density at radius 3 is 2.26 bits per heavy atom. The fourth-order valence-corrected chi connectivity index (χ4v) is 5.59. The second-order valence-electron chi connectivity index (χ2n) is 10.2. The largest absolute Gasteiger partial charge is 0.479 e. The number of halogens is 2. The van der Waals surface area contributed by atoms with Gasteiger partial charge in [-0.15, -0.1) is 0 Å². The van der Waals surface area contributed by atoms with Gasteiger partial charge in [0.15, 0.2) is 11.3 Å². The van der Waals surface area contributed by atoms with Gasteiger partial charge in [-0.1, -0.05) is 49.2 Å². The Balaban J connectivity index is 1.86. The molecule has 4 aromatic rings. The standard InChI is InChI=1S/C30H29Cl2N5O6/c1-14(2)23-22(30(40)19-10-9-17(32)12-21(19)34-28(30)39)18(25(38)33-20-11-16(31)8-7-15(20)3)13-37(23)24-26(41-4)35-29(43-6)36-27(24)42-5/h7-14,40H,1-6H3,(H,33,38)(H,34,39). The zero-order valence-corrected chi connectivity index (χ0v) is 25.7. The number of ether oxygens (including phenoxy) is 3. The highest BCUT2D eigenvalue weighted by molar-refractivity contribution is 6.31. The van der Waals surface area contributed by atoms with Gasteiger partial charge in [0.05, 0.1) is 26.9 Å². The van der Waals surface area contributed by atoms with E-state index in [0.717, 1.165) is 5.56 Å². The van der Waals surface area contributed by atoms with Gasteiger partial charge in [-0.3, -0.25) is 9.59 Å². The van der Waals surface area contributed by atoms with Crippen molar-refractivity contribution in [1.82, 2.24) is 14.5 Å². The lowest BCUT2D eigenvalue weighted by atomic mass is 9.82. The first-order chi connectivity index (χ1) is 20.4. The van der Waals surface area contributed by atoms with Crippen molar-refractivity contribution in [3.63, 3.8) is 0 Å². The summed E-state index contributed by atoms with van der Waals surface area (Å²) in [7, 11) is 4.23. The van der Waals surface area contributed by atoms with Crippen molar-refractivity contribution in [3.8, 4) is 23.5 Å². The number of methoxy groups -OCH3 is 3. The fourth-order valence-electron chi connectivity index (χ4n) is 5.24. The Morgan fingerprint density at radius 1 is 1.02 bits per heavy atom. The van der Waals surface area contributed by atoms with Crippen LogP contribution in [0.5, 0.6) is 17.8 Å². The summed E-state index contributed by atoms with van der Waals surface area (Å²) < 4.78 is 18.0. The molecule has 13 heteroatoms. The Hall–Kier alpha value is -4.32. The highest BCUT2D eigenvalue weighted by atomic mass is 35.5. The van der Waals surface area contributed by atoms with Crippen molar-refractivity contribution in [3.05, 3.63) is 80.6 Å². The van der Waals surface area contributed by atoms with Gasteiger partial charge in [0.2, 0.25) is 11.8 Å².